The molecule has 0 unspecified atom stereocenters. The molecule has 1 heterocycles. The molecule has 1 saturated heterocycles. The number of carbonyl (C=O) groups is 1. The van der Waals surface area contributed by atoms with Crippen molar-refractivity contribution in [3.63, 3.8) is 0 Å². The first kappa shape index (κ1) is 19.1. The number of hydrogen-bond donors (Lipinski definition) is 1. The second-order valence-electron chi connectivity index (χ2n) is 6.50. The van der Waals surface area contributed by atoms with Crippen LogP contribution < -0.4 is 5.32 Å². The Morgan fingerprint density at radius 2 is 1.96 bits per heavy atom. The fraction of sp³-hybridized carbons (Fsp3) is 0.588. The van der Waals surface area contributed by atoms with Crippen LogP contribution in [0.4, 0.5) is 4.79 Å². The van der Waals surface area contributed by atoms with Crippen LogP contribution in [0.5, 0.6) is 0 Å². The fourth-order valence-corrected chi connectivity index (χ4v) is 3.97. The van der Waals surface area contributed by atoms with E-state index < -0.39 is 34.1 Å². The lowest BCUT2D eigenvalue weighted by molar-refractivity contribution is -0.191. The van der Waals surface area contributed by atoms with E-state index in [1.165, 1.54) is 0 Å². The lowest BCUT2D eigenvalue weighted by atomic mass is 9.87. The topological polar surface area (TPSA) is 100 Å². The van der Waals surface area contributed by atoms with Crippen molar-refractivity contribution < 1.29 is 31.6 Å². The van der Waals surface area contributed by atoms with E-state index in [1.807, 2.05) is 30.3 Å². The number of rotatable bonds is 5. The maximum absolute atomic E-state index is 12.2. The summed E-state index contributed by atoms with van der Waals surface area (Å²) >= 11 is 0. The van der Waals surface area contributed by atoms with E-state index in [0.717, 1.165) is 11.8 Å². The van der Waals surface area contributed by atoms with E-state index in [2.05, 4.69) is 5.32 Å². The highest BCUT2D eigenvalue weighted by Gasteiger charge is 2.47. The number of benzene rings is 1. The maximum atomic E-state index is 12.2. The molecule has 0 bridgehead atoms. The number of hydrogen-bond acceptors (Lipinski definition) is 7. The van der Waals surface area contributed by atoms with Crippen molar-refractivity contribution in [2.24, 2.45) is 0 Å². The van der Waals surface area contributed by atoms with Crippen LogP contribution in [0.2, 0.25) is 0 Å². The Morgan fingerprint density at radius 1 is 1.27 bits per heavy atom. The smallest absolute Gasteiger partial charge is 0.407 e. The van der Waals surface area contributed by atoms with Crippen molar-refractivity contribution in [3.05, 3.63) is 35.9 Å². The van der Waals surface area contributed by atoms with E-state index >= 15 is 0 Å². The summed E-state index contributed by atoms with van der Waals surface area (Å²) in [5.41, 5.74) is 0.856. The highest BCUT2D eigenvalue weighted by Crippen LogP contribution is 2.37. The summed E-state index contributed by atoms with van der Waals surface area (Å²) < 4.78 is 44.8. The standard InChI is InChI=1S/C17H23NO7S/c1-26(20,21)25-15-7-8-17(23-9-10-24-17)11-14(15)18-16(19)22-12-13-5-3-2-4-6-13/h2-6,14-15H,7-12H2,1H3,(H,18,19)/t14-,15-/m1/s1. The van der Waals surface area contributed by atoms with Gasteiger partial charge in [-0.1, -0.05) is 30.3 Å². The molecule has 1 spiro atoms. The first-order chi connectivity index (χ1) is 12.4. The van der Waals surface area contributed by atoms with Gasteiger partial charge in [-0.25, -0.2) is 4.79 Å². The van der Waals surface area contributed by atoms with E-state index in [1.54, 1.807) is 0 Å². The minimum atomic E-state index is -3.66. The van der Waals surface area contributed by atoms with Gasteiger partial charge in [-0.3, -0.25) is 4.18 Å². The predicted octanol–water partition coefficient (Wildman–Crippen LogP) is 1.55. The Morgan fingerprint density at radius 3 is 2.62 bits per heavy atom. The zero-order chi connectivity index (χ0) is 18.6. The third-order valence-corrected chi connectivity index (χ3v) is 5.01. The molecule has 0 aromatic heterocycles. The third-order valence-electron chi connectivity index (χ3n) is 4.42. The van der Waals surface area contributed by atoms with Gasteiger partial charge in [-0.05, 0) is 12.0 Å². The van der Waals surface area contributed by atoms with Crippen LogP contribution in [0.3, 0.4) is 0 Å². The Labute approximate surface area is 152 Å². The average molecular weight is 385 g/mol. The quantitative estimate of drug-likeness (QED) is 0.768. The monoisotopic (exact) mass is 385 g/mol. The van der Waals surface area contributed by atoms with Gasteiger partial charge in [-0.15, -0.1) is 0 Å². The SMILES string of the molecule is CS(=O)(=O)O[C@@H]1CCC2(C[C@H]1NC(=O)OCc1ccccc1)OCCO2. The molecule has 2 atom stereocenters. The Bertz CT molecular complexity index is 716. The van der Waals surface area contributed by atoms with Crippen LogP contribution in [0.15, 0.2) is 30.3 Å². The van der Waals surface area contributed by atoms with Crippen molar-refractivity contribution in [2.75, 3.05) is 19.5 Å². The molecule has 1 N–H and O–H groups in total. The van der Waals surface area contributed by atoms with E-state index in [-0.39, 0.29) is 6.61 Å². The molecular weight excluding hydrogens is 362 g/mol. The van der Waals surface area contributed by atoms with Crippen LogP contribution in [0, 0.1) is 0 Å². The maximum Gasteiger partial charge on any atom is 0.407 e. The number of amides is 1. The van der Waals surface area contributed by atoms with Crippen LogP contribution in [-0.2, 0) is 35.1 Å². The summed E-state index contributed by atoms with van der Waals surface area (Å²) in [5.74, 6) is -0.797. The number of carbonyl (C=O) groups excluding carboxylic acids is 1. The minimum absolute atomic E-state index is 0.120. The largest absolute Gasteiger partial charge is 0.445 e. The summed E-state index contributed by atoms with van der Waals surface area (Å²) in [6.45, 7) is 1.07. The molecule has 1 saturated carbocycles. The third kappa shape index (κ3) is 5.16. The van der Waals surface area contributed by atoms with Crippen molar-refractivity contribution >= 4 is 16.2 Å². The first-order valence-electron chi connectivity index (χ1n) is 8.49. The molecule has 26 heavy (non-hydrogen) atoms. The van der Waals surface area contributed by atoms with Gasteiger partial charge < -0.3 is 19.5 Å². The van der Waals surface area contributed by atoms with Gasteiger partial charge in [0, 0.05) is 12.8 Å². The van der Waals surface area contributed by atoms with Gasteiger partial charge in [0.25, 0.3) is 10.1 Å². The summed E-state index contributed by atoms with van der Waals surface area (Å²) in [7, 11) is -3.66. The molecule has 1 aliphatic carbocycles. The number of nitrogens with one attached hydrogen (secondary N) is 1. The molecule has 1 aliphatic heterocycles. The van der Waals surface area contributed by atoms with Gasteiger partial charge in [0.1, 0.15) is 6.61 Å². The molecule has 1 amide bonds. The van der Waals surface area contributed by atoms with Crippen LogP contribution in [0.25, 0.3) is 0 Å². The van der Waals surface area contributed by atoms with Crippen LogP contribution in [0.1, 0.15) is 24.8 Å². The summed E-state index contributed by atoms with van der Waals surface area (Å²) in [5, 5.41) is 2.70. The number of alkyl carbamates (subject to hydrolysis) is 1. The summed E-state index contributed by atoms with van der Waals surface area (Å²) in [6, 6.07) is 8.68. The Kier molecular flexibility index (Phi) is 5.81. The fourth-order valence-electron chi connectivity index (χ4n) is 3.29. The normalized spacial score (nSPS) is 25.1. The molecule has 2 aliphatic rings. The van der Waals surface area contributed by atoms with Crippen molar-refractivity contribution in [2.45, 2.75) is 43.8 Å². The Hall–Kier alpha value is -1.68. The first-order valence-corrected chi connectivity index (χ1v) is 10.3. The molecule has 2 fully saturated rings. The molecule has 9 heteroatoms. The highest BCUT2D eigenvalue weighted by molar-refractivity contribution is 7.86. The minimum Gasteiger partial charge on any atom is -0.445 e. The van der Waals surface area contributed by atoms with Gasteiger partial charge in [0.05, 0.1) is 31.6 Å². The Balaban J connectivity index is 1.62. The molecule has 1 aromatic carbocycles. The van der Waals surface area contributed by atoms with Crippen molar-refractivity contribution in [1.82, 2.24) is 5.32 Å². The second-order valence-corrected chi connectivity index (χ2v) is 8.10. The lowest BCUT2D eigenvalue weighted by Crippen LogP contribution is -2.54. The lowest BCUT2D eigenvalue weighted by Gasteiger charge is -2.40. The molecule has 3 rings (SSSR count). The molecular formula is C17H23NO7S. The number of ether oxygens (including phenoxy) is 3. The van der Waals surface area contributed by atoms with Crippen LogP contribution in [-0.4, -0.2) is 51.9 Å². The zero-order valence-corrected chi connectivity index (χ0v) is 15.4. The van der Waals surface area contributed by atoms with Crippen molar-refractivity contribution in [3.8, 4) is 0 Å². The second kappa shape index (κ2) is 7.91. The summed E-state index contributed by atoms with van der Waals surface area (Å²) in [4.78, 5) is 12.2. The molecule has 0 radical (unpaired) electrons. The highest BCUT2D eigenvalue weighted by atomic mass is 32.2. The van der Waals surface area contributed by atoms with Crippen LogP contribution >= 0.6 is 0 Å². The van der Waals surface area contributed by atoms with E-state index in [9.17, 15) is 13.2 Å². The average Bonchev–Trinajstić information content (AvgIpc) is 3.04. The molecule has 144 valence electrons. The predicted molar refractivity (Wildman–Crippen MR) is 91.8 cm³/mol. The van der Waals surface area contributed by atoms with Gasteiger partial charge in [-0.2, -0.15) is 8.42 Å². The van der Waals surface area contributed by atoms with Gasteiger partial charge >= 0.3 is 6.09 Å². The molecule has 8 nitrogen and oxygen atoms in total. The van der Waals surface area contributed by atoms with Crippen molar-refractivity contribution in [1.29, 1.82) is 0 Å². The summed E-state index contributed by atoms with van der Waals surface area (Å²) in [6.07, 6.45) is 0.850. The van der Waals surface area contributed by atoms with Gasteiger partial charge in [0.15, 0.2) is 5.79 Å². The van der Waals surface area contributed by atoms with E-state index in [0.29, 0.717) is 32.5 Å². The van der Waals surface area contributed by atoms with E-state index in [4.69, 9.17) is 18.4 Å². The van der Waals surface area contributed by atoms with Gasteiger partial charge in [0.2, 0.25) is 0 Å². The molecule has 1 aromatic rings. The zero-order valence-electron chi connectivity index (χ0n) is 14.6.